The van der Waals surface area contributed by atoms with E-state index in [-0.39, 0.29) is 16.5 Å². The summed E-state index contributed by atoms with van der Waals surface area (Å²) in [7, 11) is 0. The minimum Gasteiger partial charge on any atom is -0.484 e. The SMILES string of the molecule is Cc1ccc(C(C)(C)c2ccc(OC(C)c3ncnc(N4CC5(COC5)C4)c3F)cc2)cc1. The Morgan fingerprint density at radius 1 is 1.00 bits per heavy atom. The summed E-state index contributed by atoms with van der Waals surface area (Å²) in [4.78, 5) is 10.3. The maximum atomic E-state index is 15.2. The average Bonchev–Trinajstić information content (AvgIpc) is 2.73. The molecule has 1 atom stereocenters. The topological polar surface area (TPSA) is 47.5 Å². The lowest BCUT2D eigenvalue weighted by Gasteiger charge is -2.55. The van der Waals surface area contributed by atoms with E-state index in [4.69, 9.17) is 9.47 Å². The van der Waals surface area contributed by atoms with Crippen LogP contribution in [0, 0.1) is 18.2 Å². The van der Waals surface area contributed by atoms with Gasteiger partial charge in [-0.15, -0.1) is 0 Å². The highest BCUT2D eigenvalue weighted by Gasteiger charge is 2.50. The van der Waals surface area contributed by atoms with Gasteiger partial charge in [0.25, 0.3) is 0 Å². The maximum absolute atomic E-state index is 15.2. The molecule has 0 saturated carbocycles. The Bertz CT molecular complexity index is 1130. The molecule has 3 aromatic rings. The molecule has 2 saturated heterocycles. The lowest BCUT2D eigenvalue weighted by molar-refractivity contribution is -0.127. The van der Waals surface area contributed by atoms with Crippen molar-refractivity contribution in [3.8, 4) is 5.75 Å². The van der Waals surface area contributed by atoms with Gasteiger partial charge in [-0.25, -0.2) is 14.4 Å². The summed E-state index contributed by atoms with van der Waals surface area (Å²) in [5.41, 5.74) is 4.02. The Balaban J connectivity index is 1.29. The molecular formula is C27H30FN3O2. The van der Waals surface area contributed by atoms with Crippen molar-refractivity contribution in [1.29, 1.82) is 0 Å². The van der Waals surface area contributed by atoms with Gasteiger partial charge in [-0.3, -0.25) is 0 Å². The van der Waals surface area contributed by atoms with Crippen LogP contribution in [0.15, 0.2) is 54.9 Å². The van der Waals surface area contributed by atoms with Crippen molar-refractivity contribution >= 4 is 5.82 Å². The first kappa shape index (κ1) is 21.8. The molecule has 0 radical (unpaired) electrons. The quantitative estimate of drug-likeness (QED) is 0.518. The van der Waals surface area contributed by atoms with Gasteiger partial charge in [0.2, 0.25) is 0 Å². The lowest BCUT2D eigenvalue weighted by atomic mass is 9.78. The van der Waals surface area contributed by atoms with E-state index in [1.165, 1.54) is 23.0 Å². The van der Waals surface area contributed by atoms with E-state index in [0.29, 0.717) is 11.6 Å². The third-order valence-corrected chi connectivity index (χ3v) is 7.01. The molecule has 6 heteroatoms. The van der Waals surface area contributed by atoms with Crippen molar-refractivity contribution in [3.05, 3.63) is 83.1 Å². The summed E-state index contributed by atoms with van der Waals surface area (Å²) in [6.07, 6.45) is 0.883. The first-order valence-corrected chi connectivity index (χ1v) is 11.4. The summed E-state index contributed by atoms with van der Waals surface area (Å²) < 4.78 is 26.6. The van der Waals surface area contributed by atoms with Crippen LogP contribution in [-0.4, -0.2) is 36.3 Å². The molecule has 2 fully saturated rings. The molecule has 5 rings (SSSR count). The molecule has 0 bridgehead atoms. The van der Waals surface area contributed by atoms with Gasteiger partial charge in [0.05, 0.1) is 18.6 Å². The third kappa shape index (κ3) is 3.97. The number of aromatic nitrogens is 2. The van der Waals surface area contributed by atoms with Gasteiger partial charge in [-0.05, 0) is 37.1 Å². The Morgan fingerprint density at radius 2 is 1.61 bits per heavy atom. The molecule has 0 amide bonds. The number of nitrogens with zero attached hydrogens (tertiary/aromatic N) is 3. The second kappa shape index (κ2) is 8.10. The van der Waals surface area contributed by atoms with E-state index < -0.39 is 11.9 Å². The molecule has 0 aliphatic carbocycles. The summed E-state index contributed by atoms with van der Waals surface area (Å²) in [6.45, 7) is 11.4. The monoisotopic (exact) mass is 447 g/mol. The smallest absolute Gasteiger partial charge is 0.190 e. The van der Waals surface area contributed by atoms with Crippen LogP contribution in [-0.2, 0) is 10.2 Å². The number of anilines is 1. The normalized spacial score (nSPS) is 17.9. The van der Waals surface area contributed by atoms with E-state index in [1.54, 1.807) is 0 Å². The number of hydrogen-bond acceptors (Lipinski definition) is 5. The number of ether oxygens (including phenoxy) is 2. The van der Waals surface area contributed by atoms with Crippen molar-refractivity contribution in [2.24, 2.45) is 5.41 Å². The molecule has 172 valence electrons. The Morgan fingerprint density at radius 3 is 2.18 bits per heavy atom. The zero-order valence-corrected chi connectivity index (χ0v) is 19.6. The Hall–Kier alpha value is -2.99. The van der Waals surface area contributed by atoms with Crippen molar-refractivity contribution in [2.45, 2.75) is 39.2 Å². The highest BCUT2D eigenvalue weighted by molar-refractivity contribution is 5.46. The van der Waals surface area contributed by atoms with Gasteiger partial charge in [-0.2, -0.15) is 0 Å². The zero-order valence-electron chi connectivity index (χ0n) is 19.6. The molecule has 1 unspecified atom stereocenters. The largest absolute Gasteiger partial charge is 0.484 e. The van der Waals surface area contributed by atoms with Crippen molar-refractivity contribution in [1.82, 2.24) is 9.97 Å². The molecule has 1 spiro atoms. The molecule has 5 nitrogen and oxygen atoms in total. The molecule has 0 N–H and O–H groups in total. The molecule has 1 aromatic heterocycles. The third-order valence-electron chi connectivity index (χ3n) is 7.01. The highest BCUT2D eigenvalue weighted by Crippen LogP contribution is 2.41. The Kier molecular flexibility index (Phi) is 5.36. The molecular weight excluding hydrogens is 417 g/mol. The predicted molar refractivity (Wildman–Crippen MR) is 126 cm³/mol. The average molecular weight is 448 g/mol. The molecule has 2 aliphatic rings. The fourth-order valence-electron chi connectivity index (χ4n) is 4.71. The van der Waals surface area contributed by atoms with Gasteiger partial charge in [0.15, 0.2) is 11.6 Å². The number of benzene rings is 2. The van der Waals surface area contributed by atoms with Gasteiger partial charge < -0.3 is 14.4 Å². The molecule has 2 aliphatic heterocycles. The van der Waals surface area contributed by atoms with E-state index in [2.05, 4.69) is 67.1 Å². The summed E-state index contributed by atoms with van der Waals surface area (Å²) >= 11 is 0. The highest BCUT2D eigenvalue weighted by atomic mass is 19.1. The Labute approximate surface area is 194 Å². The first-order chi connectivity index (χ1) is 15.8. The predicted octanol–water partition coefficient (Wildman–Crippen LogP) is 5.23. The minimum absolute atomic E-state index is 0.133. The fraction of sp³-hybridized carbons (Fsp3) is 0.407. The first-order valence-electron chi connectivity index (χ1n) is 11.4. The van der Waals surface area contributed by atoms with Crippen LogP contribution in [0.2, 0.25) is 0 Å². The number of hydrogen-bond donors (Lipinski definition) is 0. The van der Waals surface area contributed by atoms with E-state index >= 15 is 4.39 Å². The molecule has 3 heterocycles. The van der Waals surface area contributed by atoms with Gasteiger partial charge >= 0.3 is 0 Å². The number of rotatable bonds is 6. The van der Waals surface area contributed by atoms with Crippen molar-refractivity contribution in [2.75, 3.05) is 31.2 Å². The summed E-state index contributed by atoms with van der Waals surface area (Å²) in [6, 6.07) is 16.7. The van der Waals surface area contributed by atoms with Gasteiger partial charge in [-0.1, -0.05) is 55.8 Å². The lowest BCUT2D eigenvalue weighted by Crippen LogP contribution is -2.66. The van der Waals surface area contributed by atoms with Crippen LogP contribution < -0.4 is 9.64 Å². The van der Waals surface area contributed by atoms with Crippen molar-refractivity contribution in [3.63, 3.8) is 0 Å². The van der Waals surface area contributed by atoms with E-state index in [1.807, 2.05) is 24.0 Å². The van der Waals surface area contributed by atoms with E-state index in [0.717, 1.165) is 26.3 Å². The molecule has 33 heavy (non-hydrogen) atoms. The standard InChI is InChI=1S/C27H30FN3O2/c1-18-5-7-20(8-6-18)26(3,4)21-9-11-22(12-10-21)33-19(2)24-23(28)25(30-17-29-24)31-13-27(14-31)15-32-16-27/h5-12,17,19H,13-16H2,1-4H3. The summed E-state index contributed by atoms with van der Waals surface area (Å²) in [5.74, 6) is 0.625. The van der Waals surface area contributed by atoms with Crippen LogP contribution in [0.1, 0.15) is 49.3 Å². The van der Waals surface area contributed by atoms with Crippen LogP contribution in [0.4, 0.5) is 10.2 Å². The zero-order chi connectivity index (χ0) is 23.2. The van der Waals surface area contributed by atoms with Crippen LogP contribution in [0.3, 0.4) is 0 Å². The second-order valence-electron chi connectivity index (χ2n) is 10.0. The van der Waals surface area contributed by atoms with Crippen LogP contribution in [0.25, 0.3) is 0 Å². The van der Waals surface area contributed by atoms with Crippen LogP contribution >= 0.6 is 0 Å². The number of halogens is 1. The number of aryl methyl sites for hydroxylation is 1. The van der Waals surface area contributed by atoms with Gasteiger partial charge in [0, 0.05) is 18.5 Å². The second-order valence-corrected chi connectivity index (χ2v) is 10.0. The fourth-order valence-corrected chi connectivity index (χ4v) is 4.71. The minimum atomic E-state index is -0.537. The maximum Gasteiger partial charge on any atom is 0.190 e. The molecule has 2 aromatic carbocycles. The van der Waals surface area contributed by atoms with Gasteiger partial charge in [0.1, 0.15) is 23.9 Å². The van der Waals surface area contributed by atoms with Crippen molar-refractivity contribution < 1.29 is 13.9 Å². The van der Waals surface area contributed by atoms with E-state index in [9.17, 15) is 0 Å². The van der Waals surface area contributed by atoms with Crippen LogP contribution in [0.5, 0.6) is 5.75 Å². The summed E-state index contributed by atoms with van der Waals surface area (Å²) in [5, 5.41) is 0.